The van der Waals surface area contributed by atoms with Gasteiger partial charge in [-0.2, -0.15) is 0 Å². The van der Waals surface area contributed by atoms with Gasteiger partial charge in [0.2, 0.25) is 0 Å². The largest absolute Gasteiger partial charge is 0.504 e. The highest BCUT2D eigenvalue weighted by atomic mass is 16.3. The lowest BCUT2D eigenvalue weighted by molar-refractivity contribution is 0.224. The molecular weight excluding hydrogens is 248 g/mol. The molecule has 2 heteroatoms. The molecule has 1 fully saturated rings. The first-order valence-corrected chi connectivity index (χ1v) is 7.31. The van der Waals surface area contributed by atoms with Gasteiger partial charge in [0, 0.05) is 5.92 Å². The standard InChI is InChI=1S/C18H18O2/c19-16-9-13-8-7-12-6-5-11-3-1-2-4-14(11)18(12)15(13)10-17(16)20/h1-6,9-10,13-15,18-20H,7-8H2. The number of hydrogen-bond acceptors (Lipinski definition) is 2. The van der Waals surface area contributed by atoms with E-state index in [9.17, 15) is 10.2 Å². The van der Waals surface area contributed by atoms with Crippen molar-refractivity contribution in [1.82, 2.24) is 0 Å². The number of aliphatic hydroxyl groups is 2. The zero-order valence-corrected chi connectivity index (χ0v) is 11.2. The van der Waals surface area contributed by atoms with Crippen molar-refractivity contribution >= 4 is 0 Å². The Balaban J connectivity index is 1.77. The first kappa shape index (κ1) is 11.8. The summed E-state index contributed by atoms with van der Waals surface area (Å²) in [6, 6.07) is 0. The number of fused-ring (bicyclic) bond motifs is 5. The van der Waals surface area contributed by atoms with Crippen LogP contribution in [0, 0.1) is 23.7 Å². The van der Waals surface area contributed by atoms with Crippen LogP contribution in [0.5, 0.6) is 0 Å². The monoisotopic (exact) mass is 266 g/mol. The van der Waals surface area contributed by atoms with Crippen molar-refractivity contribution in [1.29, 1.82) is 0 Å². The number of hydrogen-bond donors (Lipinski definition) is 2. The Labute approximate surface area is 118 Å². The lowest BCUT2D eigenvalue weighted by atomic mass is 9.60. The van der Waals surface area contributed by atoms with Crippen molar-refractivity contribution in [2.45, 2.75) is 12.8 Å². The van der Waals surface area contributed by atoms with Crippen LogP contribution in [0.3, 0.4) is 0 Å². The van der Waals surface area contributed by atoms with Crippen LogP contribution >= 0.6 is 0 Å². The summed E-state index contributed by atoms with van der Waals surface area (Å²) in [4.78, 5) is 0. The van der Waals surface area contributed by atoms with E-state index in [1.807, 2.05) is 12.2 Å². The van der Waals surface area contributed by atoms with Crippen LogP contribution in [0.1, 0.15) is 12.8 Å². The van der Waals surface area contributed by atoms with Crippen LogP contribution < -0.4 is 0 Å². The van der Waals surface area contributed by atoms with E-state index in [1.54, 1.807) is 0 Å². The van der Waals surface area contributed by atoms with Crippen molar-refractivity contribution in [2.75, 3.05) is 0 Å². The molecule has 1 saturated carbocycles. The molecular formula is C18H18O2. The Morgan fingerprint density at radius 1 is 1.00 bits per heavy atom. The molecule has 0 aromatic rings. The van der Waals surface area contributed by atoms with Crippen molar-refractivity contribution in [3.63, 3.8) is 0 Å². The van der Waals surface area contributed by atoms with Gasteiger partial charge in [-0.05, 0) is 48.3 Å². The van der Waals surface area contributed by atoms with Gasteiger partial charge >= 0.3 is 0 Å². The summed E-state index contributed by atoms with van der Waals surface area (Å²) >= 11 is 0. The van der Waals surface area contributed by atoms with Gasteiger partial charge < -0.3 is 10.2 Å². The molecule has 2 nitrogen and oxygen atoms in total. The van der Waals surface area contributed by atoms with E-state index in [1.165, 1.54) is 11.1 Å². The molecule has 4 unspecified atom stereocenters. The molecule has 0 spiro atoms. The van der Waals surface area contributed by atoms with E-state index < -0.39 is 0 Å². The lowest BCUT2D eigenvalue weighted by Crippen LogP contribution is -2.36. The van der Waals surface area contributed by atoms with Gasteiger partial charge in [0.25, 0.3) is 0 Å². The molecule has 4 aliphatic rings. The highest BCUT2D eigenvalue weighted by molar-refractivity contribution is 5.44. The van der Waals surface area contributed by atoms with E-state index in [-0.39, 0.29) is 17.4 Å². The summed E-state index contributed by atoms with van der Waals surface area (Å²) < 4.78 is 0. The highest BCUT2D eigenvalue weighted by Crippen LogP contribution is 2.50. The van der Waals surface area contributed by atoms with E-state index >= 15 is 0 Å². The molecule has 0 aliphatic heterocycles. The number of aliphatic hydroxyl groups excluding tert-OH is 2. The molecule has 0 aromatic carbocycles. The molecule has 0 saturated heterocycles. The molecule has 0 aromatic heterocycles. The molecule has 2 N–H and O–H groups in total. The molecule has 102 valence electrons. The average molecular weight is 266 g/mol. The summed E-state index contributed by atoms with van der Waals surface area (Å²) in [5.41, 5.74) is 2.84. The van der Waals surface area contributed by atoms with Crippen LogP contribution in [-0.4, -0.2) is 10.2 Å². The molecule has 0 amide bonds. The van der Waals surface area contributed by atoms with Gasteiger partial charge in [0.15, 0.2) is 11.5 Å². The van der Waals surface area contributed by atoms with E-state index in [2.05, 4.69) is 36.5 Å². The molecule has 20 heavy (non-hydrogen) atoms. The average Bonchev–Trinajstić information content (AvgIpc) is 2.48. The Hall–Kier alpha value is -1.96. The zero-order chi connectivity index (χ0) is 13.7. The van der Waals surface area contributed by atoms with Gasteiger partial charge in [-0.1, -0.05) is 42.0 Å². The predicted octanol–water partition coefficient (Wildman–Crippen LogP) is 4.13. The van der Waals surface area contributed by atoms with Crippen molar-refractivity contribution < 1.29 is 10.2 Å². The van der Waals surface area contributed by atoms with Crippen LogP contribution in [0.4, 0.5) is 0 Å². The van der Waals surface area contributed by atoms with Crippen LogP contribution in [0.2, 0.25) is 0 Å². The summed E-state index contributed by atoms with van der Waals surface area (Å²) in [5.74, 6) is 1.54. The van der Waals surface area contributed by atoms with Crippen LogP contribution in [0.15, 0.2) is 71.3 Å². The second-order valence-electron chi connectivity index (χ2n) is 6.09. The number of allylic oxidation sites excluding steroid dienone is 10. The summed E-state index contributed by atoms with van der Waals surface area (Å²) in [6.45, 7) is 0. The topological polar surface area (TPSA) is 40.5 Å². The molecule has 0 bridgehead atoms. The maximum absolute atomic E-state index is 9.88. The highest BCUT2D eigenvalue weighted by Gasteiger charge is 2.42. The van der Waals surface area contributed by atoms with E-state index in [4.69, 9.17) is 0 Å². The van der Waals surface area contributed by atoms with Crippen LogP contribution in [-0.2, 0) is 0 Å². The number of rotatable bonds is 0. The summed E-state index contributed by atoms with van der Waals surface area (Å²) in [7, 11) is 0. The van der Waals surface area contributed by atoms with E-state index in [0.29, 0.717) is 17.8 Å². The molecule has 0 heterocycles. The smallest absolute Gasteiger partial charge is 0.153 e. The summed E-state index contributed by atoms with van der Waals surface area (Å²) in [6.07, 6.45) is 19.0. The second kappa shape index (κ2) is 4.27. The SMILES string of the molecule is OC1=CC2CCC3=CC=C4C=CC=CC4C3C2C=C1O. The minimum Gasteiger partial charge on any atom is -0.504 e. The fraction of sp³-hybridized carbons (Fsp3) is 0.333. The minimum atomic E-state index is 0.0407. The Morgan fingerprint density at radius 2 is 1.85 bits per heavy atom. The first-order valence-electron chi connectivity index (χ1n) is 7.31. The fourth-order valence-corrected chi connectivity index (χ4v) is 4.12. The molecule has 4 rings (SSSR count). The van der Waals surface area contributed by atoms with Crippen LogP contribution in [0.25, 0.3) is 0 Å². The molecule has 4 aliphatic carbocycles. The van der Waals surface area contributed by atoms with Crippen molar-refractivity contribution in [3.05, 3.63) is 71.3 Å². The van der Waals surface area contributed by atoms with E-state index in [0.717, 1.165) is 12.8 Å². The normalized spacial score (nSPS) is 37.8. The fourth-order valence-electron chi connectivity index (χ4n) is 4.12. The van der Waals surface area contributed by atoms with Gasteiger partial charge in [-0.15, -0.1) is 0 Å². The Morgan fingerprint density at radius 3 is 2.75 bits per heavy atom. The van der Waals surface area contributed by atoms with Crippen molar-refractivity contribution in [2.24, 2.45) is 23.7 Å². The Kier molecular flexibility index (Phi) is 2.53. The second-order valence-corrected chi connectivity index (χ2v) is 6.09. The molecule has 4 atom stereocenters. The quantitative estimate of drug-likeness (QED) is 0.692. The van der Waals surface area contributed by atoms with Crippen molar-refractivity contribution in [3.8, 4) is 0 Å². The van der Waals surface area contributed by atoms with Gasteiger partial charge in [-0.25, -0.2) is 0 Å². The lowest BCUT2D eigenvalue weighted by Gasteiger charge is -2.44. The summed E-state index contributed by atoms with van der Waals surface area (Å²) in [5, 5.41) is 19.6. The third-order valence-electron chi connectivity index (χ3n) is 5.07. The van der Waals surface area contributed by atoms with Gasteiger partial charge in [0.05, 0.1) is 0 Å². The maximum Gasteiger partial charge on any atom is 0.153 e. The maximum atomic E-state index is 9.88. The van der Waals surface area contributed by atoms with Gasteiger partial charge in [0.1, 0.15) is 0 Å². The first-order chi connectivity index (χ1) is 9.74. The molecule has 0 radical (unpaired) electrons. The Bertz CT molecular complexity index is 628. The third-order valence-corrected chi connectivity index (χ3v) is 5.07. The van der Waals surface area contributed by atoms with Gasteiger partial charge in [-0.3, -0.25) is 0 Å². The zero-order valence-electron chi connectivity index (χ0n) is 11.2. The predicted molar refractivity (Wildman–Crippen MR) is 79.1 cm³/mol. The minimum absolute atomic E-state index is 0.0407. The third kappa shape index (κ3) is 1.64.